The lowest BCUT2D eigenvalue weighted by atomic mass is 10.1. The molecule has 2 rings (SSSR count). The van der Waals surface area contributed by atoms with Gasteiger partial charge in [-0.25, -0.2) is 0 Å². The van der Waals surface area contributed by atoms with Crippen LogP contribution >= 0.6 is 0 Å². The second-order valence-electron chi connectivity index (χ2n) is 3.75. The summed E-state index contributed by atoms with van der Waals surface area (Å²) in [6, 6.07) is 4.17. The highest BCUT2D eigenvalue weighted by Gasteiger charge is 2.03. The van der Waals surface area contributed by atoms with Crippen LogP contribution in [0.25, 0.3) is 11.0 Å². The summed E-state index contributed by atoms with van der Waals surface area (Å²) >= 11 is 0. The number of nitrogens with zero attached hydrogens (tertiary/aromatic N) is 3. The molecule has 0 N–H and O–H groups in total. The number of benzene rings is 1. The Hall–Kier alpha value is -1.64. The number of aromatic nitrogens is 3. The summed E-state index contributed by atoms with van der Waals surface area (Å²) in [5.41, 5.74) is 4.48. The molecular weight excluding hydrogens is 186 g/mol. The van der Waals surface area contributed by atoms with Crippen LogP contribution in [0.3, 0.4) is 0 Å². The first-order valence-electron chi connectivity index (χ1n) is 5.14. The van der Waals surface area contributed by atoms with Crippen molar-refractivity contribution in [3.05, 3.63) is 35.4 Å². The van der Waals surface area contributed by atoms with Gasteiger partial charge in [-0.15, -0.1) is 0 Å². The van der Waals surface area contributed by atoms with Crippen LogP contribution in [0.5, 0.6) is 0 Å². The highest BCUT2D eigenvalue weighted by Crippen LogP contribution is 2.15. The van der Waals surface area contributed by atoms with Gasteiger partial charge in [0.2, 0.25) is 0 Å². The molecular formula is C12H15N3. The average molecular weight is 201 g/mol. The molecule has 0 spiro atoms. The van der Waals surface area contributed by atoms with Crippen LogP contribution in [-0.2, 0) is 6.54 Å². The SMILES string of the molecule is C/C=C/Cn1nc2cc(C)c(C)cc2n1. The van der Waals surface area contributed by atoms with Crippen LogP contribution in [0.15, 0.2) is 24.3 Å². The van der Waals surface area contributed by atoms with Gasteiger partial charge in [0, 0.05) is 0 Å². The van der Waals surface area contributed by atoms with Crippen molar-refractivity contribution >= 4 is 11.0 Å². The summed E-state index contributed by atoms with van der Waals surface area (Å²) in [7, 11) is 0. The topological polar surface area (TPSA) is 30.7 Å². The van der Waals surface area contributed by atoms with E-state index in [2.05, 4.69) is 36.2 Å². The van der Waals surface area contributed by atoms with Gasteiger partial charge in [-0.3, -0.25) is 0 Å². The number of fused-ring (bicyclic) bond motifs is 1. The molecule has 1 heterocycles. The van der Waals surface area contributed by atoms with E-state index in [4.69, 9.17) is 0 Å². The van der Waals surface area contributed by atoms with Gasteiger partial charge < -0.3 is 0 Å². The molecule has 2 aromatic rings. The molecule has 0 aliphatic carbocycles. The Kier molecular flexibility index (Phi) is 2.54. The minimum absolute atomic E-state index is 0.739. The zero-order valence-corrected chi connectivity index (χ0v) is 9.36. The normalized spacial score (nSPS) is 11.7. The zero-order valence-electron chi connectivity index (χ0n) is 9.36. The molecule has 1 aromatic heterocycles. The zero-order chi connectivity index (χ0) is 10.8. The molecule has 0 aliphatic heterocycles. The Morgan fingerprint density at radius 1 is 1.13 bits per heavy atom. The molecule has 0 bridgehead atoms. The Morgan fingerprint density at radius 2 is 1.67 bits per heavy atom. The summed E-state index contributed by atoms with van der Waals surface area (Å²) < 4.78 is 0. The first kappa shape index (κ1) is 9.90. The van der Waals surface area contributed by atoms with Gasteiger partial charge in [-0.1, -0.05) is 12.2 Å². The van der Waals surface area contributed by atoms with Crippen molar-refractivity contribution in [3.8, 4) is 0 Å². The minimum Gasteiger partial charge on any atom is -0.180 e. The number of allylic oxidation sites excluding steroid dienone is 2. The molecule has 0 unspecified atom stereocenters. The van der Waals surface area contributed by atoms with E-state index >= 15 is 0 Å². The predicted molar refractivity (Wildman–Crippen MR) is 61.8 cm³/mol. The van der Waals surface area contributed by atoms with E-state index in [1.54, 1.807) is 4.80 Å². The van der Waals surface area contributed by atoms with Crippen LogP contribution in [0.1, 0.15) is 18.1 Å². The standard InChI is InChI=1S/C12H15N3/c1-4-5-6-15-13-11-7-9(2)10(3)8-12(11)14-15/h4-5,7-8H,6H2,1-3H3/b5-4+. The Bertz CT molecular complexity index is 470. The van der Waals surface area contributed by atoms with Crippen molar-refractivity contribution in [2.75, 3.05) is 0 Å². The largest absolute Gasteiger partial charge is 0.180 e. The quantitative estimate of drug-likeness (QED) is 0.699. The van der Waals surface area contributed by atoms with Crippen LogP contribution in [0.2, 0.25) is 0 Å². The molecule has 0 fully saturated rings. The summed E-state index contributed by atoms with van der Waals surface area (Å²) in [6.45, 7) is 6.93. The second-order valence-corrected chi connectivity index (χ2v) is 3.75. The van der Waals surface area contributed by atoms with Crippen molar-refractivity contribution < 1.29 is 0 Å². The van der Waals surface area contributed by atoms with Crippen LogP contribution in [-0.4, -0.2) is 15.0 Å². The number of rotatable bonds is 2. The van der Waals surface area contributed by atoms with Crippen molar-refractivity contribution in [1.82, 2.24) is 15.0 Å². The molecule has 1 aromatic carbocycles. The molecule has 3 heteroatoms. The van der Waals surface area contributed by atoms with Gasteiger partial charge in [0.15, 0.2) is 0 Å². The lowest BCUT2D eigenvalue weighted by molar-refractivity contribution is 0.611. The Balaban J connectivity index is 2.46. The monoisotopic (exact) mass is 201 g/mol. The highest BCUT2D eigenvalue weighted by atomic mass is 15.5. The maximum absolute atomic E-state index is 4.41. The molecule has 0 saturated carbocycles. The maximum atomic E-state index is 4.41. The Labute approximate surface area is 89.4 Å². The molecule has 0 radical (unpaired) electrons. The molecule has 15 heavy (non-hydrogen) atoms. The molecule has 0 aliphatic rings. The third kappa shape index (κ3) is 1.91. The lowest BCUT2D eigenvalue weighted by Crippen LogP contribution is -1.98. The molecule has 0 amide bonds. The molecule has 78 valence electrons. The van der Waals surface area contributed by atoms with Crippen molar-refractivity contribution in [2.24, 2.45) is 0 Å². The van der Waals surface area contributed by atoms with Crippen LogP contribution in [0, 0.1) is 13.8 Å². The third-order valence-electron chi connectivity index (χ3n) is 2.54. The minimum atomic E-state index is 0.739. The number of hydrogen-bond acceptors (Lipinski definition) is 2. The first-order chi connectivity index (χ1) is 7.20. The van der Waals surface area contributed by atoms with E-state index in [0.29, 0.717) is 0 Å². The van der Waals surface area contributed by atoms with Gasteiger partial charge in [-0.2, -0.15) is 15.0 Å². The van der Waals surface area contributed by atoms with Gasteiger partial charge in [0.1, 0.15) is 11.0 Å². The first-order valence-corrected chi connectivity index (χ1v) is 5.14. The van der Waals surface area contributed by atoms with E-state index in [1.165, 1.54) is 11.1 Å². The van der Waals surface area contributed by atoms with Gasteiger partial charge in [0.25, 0.3) is 0 Å². The smallest absolute Gasteiger partial charge is 0.113 e. The van der Waals surface area contributed by atoms with Gasteiger partial charge in [-0.05, 0) is 44.0 Å². The fraction of sp³-hybridized carbons (Fsp3) is 0.333. The molecule has 0 saturated heterocycles. The van der Waals surface area contributed by atoms with Crippen LogP contribution < -0.4 is 0 Å². The Morgan fingerprint density at radius 3 is 2.13 bits per heavy atom. The summed E-state index contributed by atoms with van der Waals surface area (Å²) in [5, 5.41) is 8.81. The van der Waals surface area contributed by atoms with E-state index in [0.717, 1.165) is 17.6 Å². The van der Waals surface area contributed by atoms with Crippen molar-refractivity contribution in [3.63, 3.8) is 0 Å². The fourth-order valence-corrected chi connectivity index (χ4v) is 1.50. The van der Waals surface area contributed by atoms with E-state index in [-0.39, 0.29) is 0 Å². The van der Waals surface area contributed by atoms with Crippen molar-refractivity contribution in [2.45, 2.75) is 27.3 Å². The van der Waals surface area contributed by atoms with Gasteiger partial charge >= 0.3 is 0 Å². The van der Waals surface area contributed by atoms with E-state index in [9.17, 15) is 0 Å². The summed E-state index contributed by atoms with van der Waals surface area (Å²) in [6.07, 6.45) is 4.04. The number of hydrogen-bond donors (Lipinski definition) is 0. The third-order valence-corrected chi connectivity index (χ3v) is 2.54. The van der Waals surface area contributed by atoms with E-state index < -0.39 is 0 Å². The summed E-state index contributed by atoms with van der Waals surface area (Å²) in [4.78, 5) is 1.73. The molecule has 0 atom stereocenters. The lowest BCUT2D eigenvalue weighted by Gasteiger charge is -1.95. The average Bonchev–Trinajstić information content (AvgIpc) is 2.58. The van der Waals surface area contributed by atoms with Crippen molar-refractivity contribution in [1.29, 1.82) is 0 Å². The van der Waals surface area contributed by atoms with E-state index in [1.807, 2.05) is 19.1 Å². The fourth-order valence-electron chi connectivity index (χ4n) is 1.50. The summed E-state index contributed by atoms with van der Waals surface area (Å²) in [5.74, 6) is 0. The second kappa shape index (κ2) is 3.85. The van der Waals surface area contributed by atoms with Crippen LogP contribution in [0.4, 0.5) is 0 Å². The highest BCUT2D eigenvalue weighted by molar-refractivity contribution is 5.75. The number of aryl methyl sites for hydroxylation is 2. The predicted octanol–water partition coefficient (Wildman–Crippen LogP) is 2.62. The maximum Gasteiger partial charge on any atom is 0.113 e. The molecule has 3 nitrogen and oxygen atoms in total. The van der Waals surface area contributed by atoms with Gasteiger partial charge in [0.05, 0.1) is 6.54 Å².